The van der Waals surface area contributed by atoms with Crippen LogP contribution < -0.4 is 5.32 Å². The van der Waals surface area contributed by atoms with Crippen LogP contribution in [-0.2, 0) is 6.54 Å². The van der Waals surface area contributed by atoms with Crippen molar-refractivity contribution in [3.63, 3.8) is 0 Å². The van der Waals surface area contributed by atoms with Crippen LogP contribution >= 0.6 is 27.5 Å². The maximum absolute atomic E-state index is 12.1. The zero-order valence-corrected chi connectivity index (χ0v) is 12.1. The van der Waals surface area contributed by atoms with E-state index in [0.29, 0.717) is 16.4 Å². The van der Waals surface area contributed by atoms with E-state index in [1.54, 1.807) is 18.2 Å². The molecule has 94 valence electrons. The summed E-state index contributed by atoms with van der Waals surface area (Å²) in [5.41, 5.74) is 1.22. The van der Waals surface area contributed by atoms with Gasteiger partial charge in [-0.2, -0.15) is 0 Å². The van der Waals surface area contributed by atoms with E-state index in [9.17, 15) is 4.79 Å². The number of aromatic nitrogens is 1. The first-order chi connectivity index (χ1) is 8.61. The zero-order chi connectivity index (χ0) is 13.1. The lowest BCUT2D eigenvalue weighted by atomic mass is 10.3. The fourth-order valence-electron chi connectivity index (χ4n) is 1.68. The standard InChI is InChI=1S/C13H12BrClN2O/c1-2-17-7-3-4-12(17)13(18)16-11-8-9(14)5-6-10(11)15/h3-8H,2H2,1H3,(H,16,18). The topological polar surface area (TPSA) is 34.0 Å². The molecule has 1 aromatic carbocycles. The van der Waals surface area contributed by atoms with Crippen molar-refractivity contribution >= 4 is 39.1 Å². The quantitative estimate of drug-likeness (QED) is 0.901. The third-order valence-electron chi connectivity index (χ3n) is 2.58. The van der Waals surface area contributed by atoms with Gasteiger partial charge in [-0.1, -0.05) is 27.5 Å². The Labute approximate surface area is 119 Å². The van der Waals surface area contributed by atoms with Crippen LogP contribution in [0.15, 0.2) is 41.0 Å². The number of aryl methyl sites for hydroxylation is 1. The number of rotatable bonds is 3. The Bertz CT molecular complexity index is 580. The monoisotopic (exact) mass is 326 g/mol. The molecule has 0 saturated carbocycles. The van der Waals surface area contributed by atoms with Gasteiger partial charge in [0, 0.05) is 17.2 Å². The third kappa shape index (κ3) is 2.76. The highest BCUT2D eigenvalue weighted by Gasteiger charge is 2.11. The van der Waals surface area contributed by atoms with Crippen molar-refractivity contribution in [2.24, 2.45) is 0 Å². The van der Waals surface area contributed by atoms with Gasteiger partial charge in [-0.05, 0) is 37.3 Å². The van der Waals surface area contributed by atoms with E-state index in [-0.39, 0.29) is 5.91 Å². The molecule has 5 heteroatoms. The predicted molar refractivity (Wildman–Crippen MR) is 77.2 cm³/mol. The smallest absolute Gasteiger partial charge is 0.272 e. The van der Waals surface area contributed by atoms with Crippen LogP contribution in [0.1, 0.15) is 17.4 Å². The van der Waals surface area contributed by atoms with Gasteiger partial charge in [0.05, 0.1) is 10.7 Å². The molecule has 1 amide bonds. The number of halogens is 2. The van der Waals surface area contributed by atoms with Crippen molar-refractivity contribution in [2.45, 2.75) is 13.5 Å². The summed E-state index contributed by atoms with van der Waals surface area (Å²) in [5.74, 6) is -0.165. The first-order valence-corrected chi connectivity index (χ1v) is 6.70. The summed E-state index contributed by atoms with van der Waals surface area (Å²) >= 11 is 9.38. The molecule has 2 rings (SSSR count). The molecule has 0 aliphatic heterocycles. The number of carbonyl (C=O) groups is 1. The molecule has 0 aliphatic rings. The predicted octanol–water partition coefficient (Wildman–Crippen LogP) is 4.18. The largest absolute Gasteiger partial charge is 0.344 e. The van der Waals surface area contributed by atoms with E-state index >= 15 is 0 Å². The van der Waals surface area contributed by atoms with Gasteiger partial charge in [0.25, 0.3) is 5.91 Å². The minimum Gasteiger partial charge on any atom is -0.344 e. The number of amides is 1. The van der Waals surface area contributed by atoms with Gasteiger partial charge < -0.3 is 9.88 Å². The lowest BCUT2D eigenvalue weighted by molar-refractivity contribution is 0.101. The molecule has 0 atom stereocenters. The lowest BCUT2D eigenvalue weighted by Crippen LogP contribution is -2.16. The number of nitrogens with zero attached hydrogens (tertiary/aromatic N) is 1. The van der Waals surface area contributed by atoms with Gasteiger partial charge in [0.2, 0.25) is 0 Å². The van der Waals surface area contributed by atoms with Crippen LogP contribution in [0, 0.1) is 0 Å². The van der Waals surface area contributed by atoms with E-state index in [1.165, 1.54) is 0 Å². The average molecular weight is 328 g/mol. The summed E-state index contributed by atoms with van der Waals surface area (Å²) in [7, 11) is 0. The van der Waals surface area contributed by atoms with Gasteiger partial charge in [0.1, 0.15) is 5.69 Å². The van der Waals surface area contributed by atoms with Gasteiger partial charge in [0.15, 0.2) is 0 Å². The van der Waals surface area contributed by atoms with Gasteiger partial charge in [-0.3, -0.25) is 4.79 Å². The molecule has 2 aromatic rings. The number of carbonyl (C=O) groups excluding carboxylic acids is 1. The van der Waals surface area contributed by atoms with Crippen molar-refractivity contribution < 1.29 is 4.79 Å². The molecule has 0 fully saturated rings. The Kier molecular flexibility index (Phi) is 4.09. The van der Waals surface area contributed by atoms with Gasteiger partial charge in [-0.25, -0.2) is 0 Å². The molecule has 0 unspecified atom stereocenters. The highest BCUT2D eigenvalue weighted by molar-refractivity contribution is 9.10. The van der Waals surface area contributed by atoms with E-state index in [2.05, 4.69) is 21.2 Å². The van der Waals surface area contributed by atoms with Crippen molar-refractivity contribution in [1.29, 1.82) is 0 Å². The second-order valence-corrected chi connectivity index (χ2v) is 5.08. The van der Waals surface area contributed by atoms with E-state index < -0.39 is 0 Å². The van der Waals surface area contributed by atoms with E-state index in [4.69, 9.17) is 11.6 Å². The molecule has 1 N–H and O–H groups in total. The molecule has 0 bridgehead atoms. The molecule has 0 spiro atoms. The van der Waals surface area contributed by atoms with Crippen molar-refractivity contribution in [1.82, 2.24) is 4.57 Å². The summed E-state index contributed by atoms with van der Waals surface area (Å²) < 4.78 is 2.74. The SMILES string of the molecule is CCn1cccc1C(=O)Nc1cc(Br)ccc1Cl. The van der Waals surface area contributed by atoms with Gasteiger partial charge in [-0.15, -0.1) is 0 Å². The Balaban J connectivity index is 2.24. The Morgan fingerprint density at radius 1 is 1.44 bits per heavy atom. The normalized spacial score (nSPS) is 10.4. The molecule has 3 nitrogen and oxygen atoms in total. The maximum atomic E-state index is 12.1. The first-order valence-electron chi connectivity index (χ1n) is 5.53. The van der Waals surface area contributed by atoms with Gasteiger partial charge >= 0.3 is 0 Å². The summed E-state index contributed by atoms with van der Waals surface area (Å²) in [6.45, 7) is 2.74. The van der Waals surface area contributed by atoms with Crippen LogP contribution in [0.3, 0.4) is 0 Å². The van der Waals surface area contributed by atoms with E-state index in [1.807, 2.05) is 29.8 Å². The van der Waals surface area contributed by atoms with E-state index in [0.717, 1.165) is 11.0 Å². The van der Waals surface area contributed by atoms with Crippen LogP contribution in [0.25, 0.3) is 0 Å². The van der Waals surface area contributed by atoms with Crippen molar-refractivity contribution in [3.8, 4) is 0 Å². The summed E-state index contributed by atoms with van der Waals surface area (Å²) in [5, 5.41) is 3.32. The Morgan fingerprint density at radius 2 is 2.22 bits per heavy atom. The second kappa shape index (κ2) is 5.59. The number of hydrogen-bond donors (Lipinski definition) is 1. The number of benzene rings is 1. The second-order valence-electron chi connectivity index (χ2n) is 3.76. The summed E-state index contributed by atoms with van der Waals surface area (Å²) in [4.78, 5) is 12.1. The van der Waals surface area contributed by atoms with Crippen LogP contribution in [-0.4, -0.2) is 10.5 Å². The molecule has 18 heavy (non-hydrogen) atoms. The van der Waals surface area contributed by atoms with Crippen LogP contribution in [0.2, 0.25) is 5.02 Å². The maximum Gasteiger partial charge on any atom is 0.272 e. The summed E-state index contributed by atoms with van der Waals surface area (Å²) in [6, 6.07) is 8.97. The van der Waals surface area contributed by atoms with Crippen molar-refractivity contribution in [2.75, 3.05) is 5.32 Å². The fourth-order valence-corrected chi connectivity index (χ4v) is 2.20. The molecule has 1 heterocycles. The molecular formula is C13H12BrClN2O. The molecular weight excluding hydrogens is 316 g/mol. The number of nitrogens with one attached hydrogen (secondary N) is 1. The third-order valence-corrected chi connectivity index (χ3v) is 3.40. The molecule has 0 saturated heterocycles. The molecule has 0 aliphatic carbocycles. The Morgan fingerprint density at radius 3 is 2.94 bits per heavy atom. The molecule has 1 aromatic heterocycles. The van der Waals surface area contributed by atoms with Crippen LogP contribution in [0.5, 0.6) is 0 Å². The fraction of sp³-hybridized carbons (Fsp3) is 0.154. The number of hydrogen-bond acceptors (Lipinski definition) is 1. The highest BCUT2D eigenvalue weighted by atomic mass is 79.9. The number of anilines is 1. The minimum atomic E-state index is -0.165. The first kappa shape index (κ1) is 13.2. The van der Waals surface area contributed by atoms with Crippen LogP contribution in [0.4, 0.5) is 5.69 Å². The Hall–Kier alpha value is -1.26. The molecule has 0 radical (unpaired) electrons. The van der Waals surface area contributed by atoms with Crippen molar-refractivity contribution in [3.05, 3.63) is 51.7 Å². The lowest BCUT2D eigenvalue weighted by Gasteiger charge is -2.09. The highest BCUT2D eigenvalue weighted by Crippen LogP contribution is 2.26. The average Bonchev–Trinajstić information content (AvgIpc) is 2.82. The zero-order valence-electron chi connectivity index (χ0n) is 9.78. The summed E-state index contributed by atoms with van der Waals surface area (Å²) in [6.07, 6.45) is 1.87. The minimum absolute atomic E-state index is 0.165.